The number of aryl methyl sites for hydroxylation is 1. The van der Waals surface area contributed by atoms with Crippen molar-refractivity contribution in [2.75, 3.05) is 5.32 Å². The summed E-state index contributed by atoms with van der Waals surface area (Å²) in [5, 5.41) is 6.14. The molecule has 1 aliphatic rings. The second kappa shape index (κ2) is 6.86. The molecule has 0 radical (unpaired) electrons. The number of aromatic nitrogens is 2. The molecule has 1 heterocycles. The van der Waals surface area contributed by atoms with Crippen molar-refractivity contribution >= 4 is 17.4 Å². The van der Waals surface area contributed by atoms with Crippen LogP contribution in [0.3, 0.4) is 0 Å². The molecule has 1 aromatic heterocycles. The molecule has 0 bridgehead atoms. The third-order valence-corrected chi connectivity index (χ3v) is 3.48. The van der Waals surface area contributed by atoms with Crippen LogP contribution in [0.15, 0.2) is 30.3 Å². The van der Waals surface area contributed by atoms with Gasteiger partial charge in [-0.05, 0) is 57.9 Å². The Morgan fingerprint density at radius 3 is 2.54 bits per heavy atom. The Balaban J connectivity index is 1.71. The van der Waals surface area contributed by atoms with Gasteiger partial charge in [-0.2, -0.15) is 0 Å². The Kier molecular flexibility index (Phi) is 4.64. The highest BCUT2D eigenvalue weighted by Crippen LogP contribution is 2.21. The zero-order valence-corrected chi connectivity index (χ0v) is 14.2. The first kappa shape index (κ1) is 16.2. The van der Waals surface area contributed by atoms with Gasteiger partial charge in [0.1, 0.15) is 23.1 Å². The Bertz CT molecular complexity index is 724. The predicted molar refractivity (Wildman–Crippen MR) is 92.7 cm³/mol. The summed E-state index contributed by atoms with van der Waals surface area (Å²) < 4.78 is 5.63. The van der Waals surface area contributed by atoms with Crippen LogP contribution in [0.2, 0.25) is 0 Å². The topological polar surface area (TPSA) is 76.1 Å². The van der Waals surface area contributed by atoms with E-state index in [4.69, 9.17) is 4.74 Å². The normalized spacial score (nSPS) is 13.7. The van der Waals surface area contributed by atoms with Crippen LogP contribution in [-0.4, -0.2) is 28.0 Å². The van der Waals surface area contributed by atoms with E-state index in [1.165, 1.54) is 0 Å². The molecule has 1 amide bonds. The van der Waals surface area contributed by atoms with E-state index in [9.17, 15) is 4.79 Å². The lowest BCUT2D eigenvalue weighted by atomic mass is 10.3. The number of rotatable bonds is 6. The van der Waals surface area contributed by atoms with Gasteiger partial charge in [-0.25, -0.2) is 9.97 Å². The minimum atomic E-state index is -0.147. The summed E-state index contributed by atoms with van der Waals surface area (Å²) in [6, 6.07) is 9.60. The molecule has 0 spiro atoms. The van der Waals surface area contributed by atoms with Crippen molar-refractivity contribution in [2.24, 2.45) is 0 Å². The molecule has 6 heteroatoms. The van der Waals surface area contributed by atoms with E-state index in [1.807, 2.05) is 38.1 Å². The molecule has 126 valence electrons. The lowest BCUT2D eigenvalue weighted by molar-refractivity contribution is 0.0945. The number of hydrogen-bond acceptors (Lipinski definition) is 5. The average Bonchev–Trinajstić information content (AvgIpc) is 3.32. The predicted octanol–water partition coefficient (Wildman–Crippen LogP) is 3.21. The minimum Gasteiger partial charge on any atom is -0.491 e. The molecule has 0 saturated heterocycles. The Morgan fingerprint density at radius 2 is 1.92 bits per heavy atom. The molecular formula is C18H22N4O2. The molecule has 2 aromatic rings. The van der Waals surface area contributed by atoms with Gasteiger partial charge in [-0.3, -0.25) is 4.79 Å². The smallest absolute Gasteiger partial charge is 0.270 e. The molecule has 0 unspecified atom stereocenters. The number of anilines is 2. The quantitative estimate of drug-likeness (QED) is 0.852. The van der Waals surface area contributed by atoms with Gasteiger partial charge in [-0.1, -0.05) is 0 Å². The van der Waals surface area contributed by atoms with Crippen LogP contribution in [0.25, 0.3) is 0 Å². The maximum atomic E-state index is 12.2. The van der Waals surface area contributed by atoms with Gasteiger partial charge in [0, 0.05) is 17.8 Å². The van der Waals surface area contributed by atoms with E-state index >= 15 is 0 Å². The van der Waals surface area contributed by atoms with Crippen LogP contribution >= 0.6 is 0 Å². The number of nitrogens with zero attached hydrogens (tertiary/aromatic N) is 2. The molecule has 1 aliphatic carbocycles. The van der Waals surface area contributed by atoms with Gasteiger partial charge in [0.2, 0.25) is 0 Å². The molecule has 3 rings (SSSR count). The summed E-state index contributed by atoms with van der Waals surface area (Å²) >= 11 is 0. The third kappa shape index (κ3) is 4.44. The van der Waals surface area contributed by atoms with Crippen molar-refractivity contribution in [3.8, 4) is 5.75 Å². The molecule has 1 fully saturated rings. The van der Waals surface area contributed by atoms with Crippen LogP contribution in [0.5, 0.6) is 5.75 Å². The summed E-state index contributed by atoms with van der Waals surface area (Å²) in [5.74, 6) is 1.83. The number of benzene rings is 1. The van der Waals surface area contributed by atoms with Crippen molar-refractivity contribution in [3.63, 3.8) is 0 Å². The minimum absolute atomic E-state index is 0.140. The highest BCUT2D eigenvalue weighted by molar-refractivity contribution is 5.93. The lowest BCUT2D eigenvalue weighted by Gasteiger charge is -2.11. The van der Waals surface area contributed by atoms with Gasteiger partial charge in [0.25, 0.3) is 5.91 Å². The number of carbonyl (C=O) groups excluding carboxylic acids is 1. The Labute approximate surface area is 141 Å². The SMILES string of the molecule is Cc1nc(Nc2ccc(OC(C)C)cc2)cc(C(=O)NC2CC2)n1. The molecular weight excluding hydrogens is 304 g/mol. The Morgan fingerprint density at radius 1 is 1.21 bits per heavy atom. The van der Waals surface area contributed by atoms with Crippen LogP contribution in [0.1, 0.15) is 43.0 Å². The van der Waals surface area contributed by atoms with Crippen LogP contribution < -0.4 is 15.4 Å². The van der Waals surface area contributed by atoms with E-state index in [0.29, 0.717) is 23.4 Å². The fourth-order valence-electron chi connectivity index (χ4n) is 2.27. The first-order valence-corrected chi connectivity index (χ1v) is 8.20. The summed E-state index contributed by atoms with van der Waals surface area (Å²) in [6.07, 6.45) is 2.23. The van der Waals surface area contributed by atoms with Crippen molar-refractivity contribution in [1.29, 1.82) is 0 Å². The number of amides is 1. The molecule has 1 saturated carbocycles. The number of hydrogen-bond donors (Lipinski definition) is 2. The van der Waals surface area contributed by atoms with E-state index < -0.39 is 0 Å². The van der Waals surface area contributed by atoms with Gasteiger partial charge < -0.3 is 15.4 Å². The maximum Gasteiger partial charge on any atom is 0.270 e. The maximum absolute atomic E-state index is 12.2. The molecule has 1 aromatic carbocycles. The monoisotopic (exact) mass is 326 g/mol. The van der Waals surface area contributed by atoms with Gasteiger partial charge >= 0.3 is 0 Å². The summed E-state index contributed by atoms with van der Waals surface area (Å²) in [6.45, 7) is 5.76. The van der Waals surface area contributed by atoms with E-state index in [0.717, 1.165) is 24.3 Å². The Hall–Kier alpha value is -2.63. The van der Waals surface area contributed by atoms with Crippen LogP contribution in [-0.2, 0) is 0 Å². The first-order valence-electron chi connectivity index (χ1n) is 8.20. The molecule has 24 heavy (non-hydrogen) atoms. The van der Waals surface area contributed by atoms with Gasteiger partial charge in [-0.15, -0.1) is 0 Å². The highest BCUT2D eigenvalue weighted by atomic mass is 16.5. The number of nitrogens with one attached hydrogen (secondary N) is 2. The molecule has 6 nitrogen and oxygen atoms in total. The fraction of sp³-hybridized carbons (Fsp3) is 0.389. The van der Waals surface area contributed by atoms with Crippen molar-refractivity contribution in [1.82, 2.24) is 15.3 Å². The lowest BCUT2D eigenvalue weighted by Crippen LogP contribution is -2.26. The van der Waals surface area contributed by atoms with Gasteiger partial charge in [0.05, 0.1) is 6.10 Å². The first-order chi connectivity index (χ1) is 11.5. The fourth-order valence-corrected chi connectivity index (χ4v) is 2.27. The third-order valence-electron chi connectivity index (χ3n) is 3.48. The summed E-state index contributed by atoms with van der Waals surface area (Å²) in [7, 11) is 0. The van der Waals surface area contributed by atoms with E-state index in [2.05, 4.69) is 20.6 Å². The van der Waals surface area contributed by atoms with E-state index in [1.54, 1.807) is 13.0 Å². The summed E-state index contributed by atoms with van der Waals surface area (Å²) in [4.78, 5) is 20.7. The highest BCUT2D eigenvalue weighted by Gasteiger charge is 2.24. The molecule has 0 atom stereocenters. The molecule has 0 aliphatic heterocycles. The standard InChI is InChI=1S/C18H22N4O2/c1-11(2)24-15-8-6-13(7-9-15)21-17-10-16(19-12(3)20-17)18(23)22-14-4-5-14/h6-11,14H,4-5H2,1-3H3,(H,22,23)(H,19,20,21). The number of ether oxygens (including phenoxy) is 1. The second-order valence-corrected chi connectivity index (χ2v) is 6.25. The van der Waals surface area contributed by atoms with Crippen molar-refractivity contribution in [2.45, 2.75) is 45.8 Å². The van der Waals surface area contributed by atoms with Crippen molar-refractivity contribution < 1.29 is 9.53 Å². The van der Waals surface area contributed by atoms with Crippen LogP contribution in [0, 0.1) is 6.92 Å². The number of carbonyl (C=O) groups is 1. The van der Waals surface area contributed by atoms with Gasteiger partial charge in [0.15, 0.2) is 0 Å². The van der Waals surface area contributed by atoms with E-state index in [-0.39, 0.29) is 12.0 Å². The van der Waals surface area contributed by atoms with Crippen molar-refractivity contribution in [3.05, 3.63) is 41.9 Å². The largest absolute Gasteiger partial charge is 0.491 e. The summed E-state index contributed by atoms with van der Waals surface area (Å²) in [5.41, 5.74) is 1.26. The second-order valence-electron chi connectivity index (χ2n) is 6.25. The zero-order valence-electron chi connectivity index (χ0n) is 14.2. The zero-order chi connectivity index (χ0) is 17.1. The molecule has 2 N–H and O–H groups in total. The average molecular weight is 326 g/mol. The van der Waals surface area contributed by atoms with Crippen LogP contribution in [0.4, 0.5) is 11.5 Å².